The Kier molecular flexibility index (Phi) is 5.01. The second kappa shape index (κ2) is 7.87. The van der Waals surface area contributed by atoms with Gasteiger partial charge in [-0.05, 0) is 47.9 Å². The Hall–Kier alpha value is -3.52. The van der Waals surface area contributed by atoms with Gasteiger partial charge in [0.1, 0.15) is 17.4 Å². The predicted octanol–water partition coefficient (Wildman–Crippen LogP) is 3.73. The molecular weight excluding hydrogens is 414 g/mol. The first-order valence-corrected chi connectivity index (χ1v) is 10.4. The largest absolute Gasteiger partial charge is 0.496 e. The number of hydrogen-bond donors (Lipinski definition) is 1. The summed E-state index contributed by atoms with van der Waals surface area (Å²) in [5.74, 6) is -0.234. The molecule has 1 atom stereocenters. The van der Waals surface area contributed by atoms with E-state index < -0.39 is 11.6 Å². The second-order valence-electron chi connectivity index (χ2n) is 8.01. The average molecular weight is 436 g/mol. The minimum Gasteiger partial charge on any atom is -0.496 e. The Morgan fingerprint density at radius 1 is 1.06 bits per heavy atom. The molecule has 2 aliphatic rings. The smallest absolute Gasteiger partial charge is 0.260 e. The Labute approximate surface area is 184 Å². The highest BCUT2D eigenvalue weighted by Gasteiger charge is 2.33. The van der Waals surface area contributed by atoms with E-state index in [2.05, 4.69) is 4.98 Å². The molecule has 1 saturated heterocycles. The first-order chi connectivity index (χ1) is 15.5. The van der Waals surface area contributed by atoms with Crippen LogP contribution in [0.1, 0.15) is 22.3 Å². The van der Waals surface area contributed by atoms with E-state index >= 15 is 0 Å². The molecule has 3 heterocycles. The Bertz CT molecular complexity index is 1220. The summed E-state index contributed by atoms with van der Waals surface area (Å²) in [6, 6.07) is 12.6. The number of aromatic nitrogens is 1. The zero-order chi connectivity index (χ0) is 22.4. The molecule has 1 amide bonds. The molecule has 6 nitrogen and oxygen atoms in total. The number of carbonyl (C=O) groups excluding carboxylic acids is 1. The fourth-order valence-corrected chi connectivity index (χ4v) is 4.46. The summed E-state index contributed by atoms with van der Waals surface area (Å²) in [4.78, 5) is 21.0. The van der Waals surface area contributed by atoms with E-state index in [0.717, 1.165) is 6.42 Å². The Balaban J connectivity index is 1.55. The summed E-state index contributed by atoms with van der Waals surface area (Å²) in [5.41, 5.74) is 7.99. The third-order valence-corrected chi connectivity index (χ3v) is 6.05. The van der Waals surface area contributed by atoms with Gasteiger partial charge >= 0.3 is 0 Å². The highest BCUT2D eigenvalue weighted by Crippen LogP contribution is 2.40. The van der Waals surface area contributed by atoms with Crippen molar-refractivity contribution >= 4 is 17.5 Å². The van der Waals surface area contributed by atoms with Gasteiger partial charge in [-0.1, -0.05) is 18.2 Å². The van der Waals surface area contributed by atoms with Crippen molar-refractivity contribution in [3.05, 3.63) is 71.3 Å². The minimum absolute atomic E-state index is 0.0316. The van der Waals surface area contributed by atoms with Crippen molar-refractivity contribution in [2.24, 2.45) is 5.73 Å². The fraction of sp³-hybridized carbons (Fsp3) is 0.250. The SMILES string of the molecule is COc1cccc(F)c1-c1cccc2c1CN(c1ccc(F)c(N3CC[C@H](N)C3)n1)C2=O. The van der Waals surface area contributed by atoms with Gasteiger partial charge in [0.25, 0.3) is 5.91 Å². The number of rotatable bonds is 4. The van der Waals surface area contributed by atoms with E-state index in [4.69, 9.17) is 10.5 Å². The number of ether oxygens (including phenoxy) is 1. The molecule has 0 spiro atoms. The molecule has 5 rings (SSSR count). The molecule has 0 radical (unpaired) electrons. The summed E-state index contributed by atoms with van der Waals surface area (Å²) >= 11 is 0. The molecule has 2 N–H and O–H groups in total. The van der Waals surface area contributed by atoms with Crippen LogP contribution in [0.4, 0.5) is 20.4 Å². The van der Waals surface area contributed by atoms with Crippen LogP contribution in [-0.2, 0) is 6.54 Å². The molecule has 0 saturated carbocycles. The fourth-order valence-electron chi connectivity index (χ4n) is 4.46. The predicted molar refractivity (Wildman–Crippen MR) is 118 cm³/mol. The van der Waals surface area contributed by atoms with Crippen LogP contribution in [0.25, 0.3) is 11.1 Å². The minimum atomic E-state index is -0.455. The summed E-state index contributed by atoms with van der Waals surface area (Å²) in [7, 11) is 1.48. The molecule has 1 fully saturated rings. The van der Waals surface area contributed by atoms with Crippen LogP contribution < -0.4 is 20.3 Å². The lowest BCUT2D eigenvalue weighted by molar-refractivity contribution is 0.0996. The van der Waals surface area contributed by atoms with E-state index in [0.29, 0.717) is 46.9 Å². The lowest BCUT2D eigenvalue weighted by Crippen LogP contribution is -2.29. The number of amides is 1. The standard InChI is InChI=1S/C24H22F2N4O2/c1-32-20-7-3-6-18(25)22(20)15-4-2-5-16-17(15)13-30(24(16)31)21-9-8-19(26)23(28-21)29-11-10-14(27)12-29/h2-9,14H,10-13,27H2,1H3/t14-/m0/s1. The monoisotopic (exact) mass is 436 g/mol. The van der Waals surface area contributed by atoms with Gasteiger partial charge in [0, 0.05) is 24.7 Å². The van der Waals surface area contributed by atoms with Crippen molar-refractivity contribution in [1.82, 2.24) is 4.98 Å². The third-order valence-electron chi connectivity index (χ3n) is 6.05. The van der Waals surface area contributed by atoms with Crippen LogP contribution in [0.15, 0.2) is 48.5 Å². The van der Waals surface area contributed by atoms with Gasteiger partial charge < -0.3 is 15.4 Å². The molecule has 1 aromatic heterocycles. The highest BCUT2D eigenvalue weighted by atomic mass is 19.1. The number of nitrogens with zero attached hydrogens (tertiary/aromatic N) is 3. The molecule has 0 aliphatic carbocycles. The first kappa shape index (κ1) is 20.4. The van der Waals surface area contributed by atoms with E-state index in [1.165, 1.54) is 30.2 Å². The summed E-state index contributed by atoms with van der Waals surface area (Å²) in [6.45, 7) is 1.32. The lowest BCUT2D eigenvalue weighted by Gasteiger charge is -2.21. The number of pyridine rings is 1. The van der Waals surface area contributed by atoms with Crippen molar-refractivity contribution in [2.75, 3.05) is 30.0 Å². The lowest BCUT2D eigenvalue weighted by atomic mass is 9.96. The zero-order valence-corrected chi connectivity index (χ0v) is 17.5. The maximum atomic E-state index is 14.8. The third kappa shape index (κ3) is 3.27. The Morgan fingerprint density at radius 3 is 2.59 bits per heavy atom. The molecule has 8 heteroatoms. The van der Waals surface area contributed by atoms with Crippen molar-refractivity contribution in [1.29, 1.82) is 0 Å². The number of nitrogens with two attached hydrogens (primary N) is 1. The Morgan fingerprint density at radius 2 is 1.84 bits per heavy atom. The van der Waals surface area contributed by atoms with Crippen LogP contribution in [0, 0.1) is 11.6 Å². The van der Waals surface area contributed by atoms with Gasteiger partial charge in [-0.25, -0.2) is 13.8 Å². The van der Waals surface area contributed by atoms with Gasteiger partial charge in [0.05, 0.1) is 19.2 Å². The summed E-state index contributed by atoms with van der Waals surface area (Å²) in [5, 5.41) is 0. The number of hydrogen-bond acceptors (Lipinski definition) is 5. The number of carbonyl (C=O) groups is 1. The highest BCUT2D eigenvalue weighted by molar-refractivity contribution is 6.11. The summed E-state index contributed by atoms with van der Waals surface area (Å²) < 4.78 is 34.6. The number of methoxy groups -OCH3 is 1. The summed E-state index contributed by atoms with van der Waals surface area (Å²) in [6.07, 6.45) is 0.757. The van der Waals surface area contributed by atoms with Crippen molar-refractivity contribution in [3.63, 3.8) is 0 Å². The molecule has 3 aromatic rings. The van der Waals surface area contributed by atoms with E-state index in [-0.39, 0.29) is 24.3 Å². The molecule has 0 bridgehead atoms. The van der Waals surface area contributed by atoms with Crippen molar-refractivity contribution in [2.45, 2.75) is 19.0 Å². The van der Waals surface area contributed by atoms with E-state index in [9.17, 15) is 13.6 Å². The van der Waals surface area contributed by atoms with Crippen molar-refractivity contribution in [3.8, 4) is 16.9 Å². The molecule has 2 aliphatic heterocycles. The number of fused-ring (bicyclic) bond motifs is 1. The number of anilines is 2. The molecule has 32 heavy (non-hydrogen) atoms. The molecule has 0 unspecified atom stereocenters. The zero-order valence-electron chi connectivity index (χ0n) is 17.5. The van der Waals surface area contributed by atoms with Gasteiger partial charge in [-0.15, -0.1) is 0 Å². The van der Waals surface area contributed by atoms with Crippen LogP contribution in [-0.4, -0.2) is 37.1 Å². The maximum Gasteiger partial charge on any atom is 0.260 e. The van der Waals surface area contributed by atoms with Gasteiger partial charge in [0.2, 0.25) is 0 Å². The van der Waals surface area contributed by atoms with Gasteiger partial charge in [-0.3, -0.25) is 9.69 Å². The van der Waals surface area contributed by atoms with Crippen LogP contribution >= 0.6 is 0 Å². The normalized spacial score (nSPS) is 17.8. The second-order valence-corrected chi connectivity index (χ2v) is 8.01. The van der Waals surface area contributed by atoms with Crippen LogP contribution in [0.5, 0.6) is 5.75 Å². The van der Waals surface area contributed by atoms with Gasteiger partial charge in [-0.2, -0.15) is 0 Å². The topological polar surface area (TPSA) is 71.7 Å². The van der Waals surface area contributed by atoms with Crippen LogP contribution in [0.3, 0.4) is 0 Å². The average Bonchev–Trinajstić information content (AvgIpc) is 3.37. The molecular formula is C24H22F2N4O2. The van der Waals surface area contributed by atoms with E-state index in [1.54, 1.807) is 35.2 Å². The quantitative estimate of drug-likeness (QED) is 0.675. The van der Waals surface area contributed by atoms with Crippen molar-refractivity contribution < 1.29 is 18.3 Å². The first-order valence-electron chi connectivity index (χ1n) is 10.4. The maximum absolute atomic E-state index is 14.8. The number of benzene rings is 2. The molecule has 2 aromatic carbocycles. The van der Waals surface area contributed by atoms with Gasteiger partial charge in [0.15, 0.2) is 11.6 Å². The molecule has 164 valence electrons. The number of halogens is 2. The van der Waals surface area contributed by atoms with E-state index in [1.807, 2.05) is 0 Å². The van der Waals surface area contributed by atoms with Crippen LogP contribution in [0.2, 0.25) is 0 Å².